The second kappa shape index (κ2) is 6.10. The van der Waals surface area contributed by atoms with Gasteiger partial charge in [-0.05, 0) is 36.8 Å². The van der Waals surface area contributed by atoms with Gasteiger partial charge in [0.2, 0.25) is 0 Å². The number of nitrogens with zero attached hydrogens (tertiary/aromatic N) is 2. The summed E-state index contributed by atoms with van der Waals surface area (Å²) in [5.74, 6) is 0.743. The number of rotatable bonds is 3. The molecule has 1 saturated carbocycles. The van der Waals surface area contributed by atoms with E-state index in [2.05, 4.69) is 66.4 Å². The molecular formula is C23H26N2. The SMILES string of the molecule is Cc1ccc(C2=N[C@@H](C3CCCCC3)N3[C@@H]2[C@@H]3c2ccccc2)cc1. The number of aryl methyl sites for hydroxylation is 1. The van der Waals surface area contributed by atoms with E-state index >= 15 is 0 Å². The van der Waals surface area contributed by atoms with Gasteiger partial charge >= 0.3 is 0 Å². The van der Waals surface area contributed by atoms with E-state index in [-0.39, 0.29) is 0 Å². The molecule has 0 spiro atoms. The van der Waals surface area contributed by atoms with Gasteiger partial charge in [0.1, 0.15) is 6.17 Å². The lowest BCUT2D eigenvalue weighted by atomic mass is 9.87. The first-order valence-electron chi connectivity index (χ1n) is 9.80. The number of aliphatic imine (C=N–C) groups is 1. The zero-order chi connectivity index (χ0) is 16.8. The fraction of sp³-hybridized carbons (Fsp3) is 0.435. The molecule has 2 aliphatic heterocycles. The molecule has 2 nitrogen and oxygen atoms in total. The Morgan fingerprint density at radius 1 is 0.840 bits per heavy atom. The third-order valence-corrected chi connectivity index (χ3v) is 6.27. The predicted molar refractivity (Wildman–Crippen MR) is 103 cm³/mol. The summed E-state index contributed by atoms with van der Waals surface area (Å²) in [7, 11) is 0. The second-order valence-electron chi connectivity index (χ2n) is 7.94. The van der Waals surface area contributed by atoms with Gasteiger partial charge in [-0.1, -0.05) is 79.4 Å². The standard InChI is InChI=1S/C23H26N2/c1-16-12-14-17(15-13-16)20-22-21(18-8-4-2-5-9-18)25(22)23(24-20)19-10-6-3-7-11-19/h2,4-5,8-9,12-15,19,21-23H,3,6-7,10-11H2,1H3/t21-,22-,23+,25?/m0/s1. The van der Waals surface area contributed by atoms with Crippen molar-refractivity contribution in [1.29, 1.82) is 0 Å². The van der Waals surface area contributed by atoms with Gasteiger partial charge in [0.15, 0.2) is 0 Å². The van der Waals surface area contributed by atoms with Gasteiger partial charge in [-0.25, -0.2) is 0 Å². The first-order valence-corrected chi connectivity index (χ1v) is 9.80. The van der Waals surface area contributed by atoms with E-state index < -0.39 is 0 Å². The van der Waals surface area contributed by atoms with Crippen LogP contribution in [0.1, 0.15) is 54.8 Å². The Kier molecular flexibility index (Phi) is 3.74. The summed E-state index contributed by atoms with van der Waals surface area (Å²) in [4.78, 5) is 7.94. The molecule has 128 valence electrons. The lowest BCUT2D eigenvalue weighted by molar-refractivity contribution is 0.219. The number of hydrogen-bond acceptors (Lipinski definition) is 2. The van der Waals surface area contributed by atoms with Crippen molar-refractivity contribution >= 4 is 5.71 Å². The maximum atomic E-state index is 5.26. The van der Waals surface area contributed by atoms with Crippen LogP contribution in [0, 0.1) is 12.8 Å². The molecule has 0 N–H and O–H groups in total. The van der Waals surface area contributed by atoms with Crippen LogP contribution in [0.5, 0.6) is 0 Å². The minimum Gasteiger partial charge on any atom is -0.268 e. The lowest BCUT2D eigenvalue weighted by Crippen LogP contribution is -2.27. The van der Waals surface area contributed by atoms with E-state index in [4.69, 9.17) is 4.99 Å². The van der Waals surface area contributed by atoms with E-state index in [1.165, 1.54) is 54.5 Å². The molecule has 25 heavy (non-hydrogen) atoms. The highest BCUT2D eigenvalue weighted by molar-refractivity contribution is 6.08. The van der Waals surface area contributed by atoms with Crippen LogP contribution in [0.15, 0.2) is 59.6 Å². The molecule has 2 heteroatoms. The minimum absolute atomic E-state index is 0.395. The Balaban J connectivity index is 1.50. The van der Waals surface area contributed by atoms with Crippen molar-refractivity contribution < 1.29 is 0 Å². The van der Waals surface area contributed by atoms with Crippen molar-refractivity contribution in [2.75, 3.05) is 0 Å². The molecule has 2 aromatic carbocycles. The fourth-order valence-electron chi connectivity index (χ4n) is 4.91. The summed E-state index contributed by atoms with van der Waals surface area (Å²) in [5.41, 5.74) is 5.41. The third-order valence-electron chi connectivity index (χ3n) is 6.27. The molecule has 3 aliphatic rings. The highest BCUT2D eigenvalue weighted by atomic mass is 15.5. The van der Waals surface area contributed by atoms with Crippen LogP contribution in [0.4, 0.5) is 0 Å². The molecule has 1 saturated heterocycles. The van der Waals surface area contributed by atoms with Crippen LogP contribution in [0.3, 0.4) is 0 Å². The summed E-state index contributed by atoms with van der Waals surface area (Å²) >= 11 is 0. The smallest absolute Gasteiger partial charge is 0.106 e. The second-order valence-corrected chi connectivity index (χ2v) is 7.94. The van der Waals surface area contributed by atoms with Gasteiger partial charge in [-0.3, -0.25) is 9.89 Å². The Morgan fingerprint density at radius 3 is 2.28 bits per heavy atom. The van der Waals surface area contributed by atoms with Gasteiger partial charge in [-0.15, -0.1) is 0 Å². The quantitative estimate of drug-likeness (QED) is 0.712. The summed E-state index contributed by atoms with van der Waals surface area (Å²) < 4.78 is 0. The van der Waals surface area contributed by atoms with E-state index in [0.29, 0.717) is 18.2 Å². The lowest BCUT2D eigenvalue weighted by Gasteiger charge is -2.28. The molecule has 2 fully saturated rings. The number of fused-ring (bicyclic) bond motifs is 1. The van der Waals surface area contributed by atoms with Crippen molar-refractivity contribution in [2.45, 2.75) is 57.3 Å². The Labute approximate surface area is 150 Å². The van der Waals surface area contributed by atoms with Crippen LogP contribution in [0.2, 0.25) is 0 Å². The molecule has 2 aromatic rings. The van der Waals surface area contributed by atoms with Crippen LogP contribution in [0.25, 0.3) is 0 Å². The summed E-state index contributed by atoms with van der Waals surface area (Å²) in [6, 6.07) is 21.0. The highest BCUT2D eigenvalue weighted by Gasteiger charge is 2.60. The van der Waals surface area contributed by atoms with Gasteiger partial charge in [0.05, 0.1) is 17.8 Å². The highest BCUT2D eigenvalue weighted by Crippen LogP contribution is 2.53. The molecule has 5 rings (SSSR count). The van der Waals surface area contributed by atoms with Crippen LogP contribution >= 0.6 is 0 Å². The molecule has 1 unspecified atom stereocenters. The maximum absolute atomic E-state index is 5.26. The molecule has 0 amide bonds. The van der Waals surface area contributed by atoms with Gasteiger partial charge < -0.3 is 0 Å². The Morgan fingerprint density at radius 2 is 1.56 bits per heavy atom. The van der Waals surface area contributed by atoms with Crippen molar-refractivity contribution in [1.82, 2.24) is 4.90 Å². The van der Waals surface area contributed by atoms with E-state index in [1.54, 1.807) is 0 Å². The van der Waals surface area contributed by atoms with Crippen molar-refractivity contribution in [3.8, 4) is 0 Å². The van der Waals surface area contributed by atoms with Gasteiger partial charge in [0.25, 0.3) is 0 Å². The molecule has 0 bridgehead atoms. The molecule has 4 atom stereocenters. The molecule has 2 heterocycles. The predicted octanol–water partition coefficient (Wildman–Crippen LogP) is 5.13. The monoisotopic (exact) mass is 330 g/mol. The van der Waals surface area contributed by atoms with E-state index in [1.807, 2.05) is 0 Å². The van der Waals surface area contributed by atoms with Crippen LogP contribution in [-0.4, -0.2) is 22.8 Å². The summed E-state index contributed by atoms with van der Waals surface area (Å²) in [5, 5.41) is 0. The van der Waals surface area contributed by atoms with Crippen LogP contribution in [-0.2, 0) is 0 Å². The summed E-state index contributed by atoms with van der Waals surface area (Å²) in [6.45, 7) is 2.15. The molecule has 1 aliphatic carbocycles. The number of hydrogen-bond donors (Lipinski definition) is 0. The molecule has 0 radical (unpaired) electrons. The third kappa shape index (κ3) is 2.64. The van der Waals surface area contributed by atoms with E-state index in [9.17, 15) is 0 Å². The fourth-order valence-corrected chi connectivity index (χ4v) is 4.91. The first kappa shape index (κ1) is 15.3. The van der Waals surface area contributed by atoms with Gasteiger partial charge in [0, 0.05) is 0 Å². The first-order chi connectivity index (χ1) is 12.3. The maximum Gasteiger partial charge on any atom is 0.106 e. The molecule has 0 aromatic heterocycles. The molecular weight excluding hydrogens is 304 g/mol. The van der Waals surface area contributed by atoms with E-state index in [0.717, 1.165) is 5.92 Å². The normalized spacial score (nSPS) is 31.5. The van der Waals surface area contributed by atoms with Gasteiger partial charge in [-0.2, -0.15) is 0 Å². The summed E-state index contributed by atoms with van der Waals surface area (Å²) in [6.07, 6.45) is 7.26. The van der Waals surface area contributed by atoms with Crippen molar-refractivity contribution in [3.63, 3.8) is 0 Å². The largest absolute Gasteiger partial charge is 0.268 e. The average molecular weight is 330 g/mol. The van der Waals surface area contributed by atoms with Crippen molar-refractivity contribution in [3.05, 3.63) is 71.3 Å². The van der Waals surface area contributed by atoms with Crippen LogP contribution < -0.4 is 0 Å². The van der Waals surface area contributed by atoms with Crippen molar-refractivity contribution in [2.24, 2.45) is 10.9 Å². The zero-order valence-corrected chi connectivity index (χ0v) is 14.9. The minimum atomic E-state index is 0.395. The topological polar surface area (TPSA) is 15.4 Å². The number of benzene rings is 2. The Bertz CT molecular complexity index is 771. The Hall–Kier alpha value is -1.93. The zero-order valence-electron chi connectivity index (χ0n) is 14.9. The average Bonchev–Trinajstić information content (AvgIpc) is 3.28.